The third kappa shape index (κ3) is 2.79. The van der Waals surface area contributed by atoms with Crippen LogP contribution in [-0.4, -0.2) is 22.0 Å². The fourth-order valence-electron chi connectivity index (χ4n) is 3.82. The summed E-state index contributed by atoms with van der Waals surface area (Å²) in [5.74, 6) is -0.392. The molecule has 0 amide bonds. The maximum absolute atomic E-state index is 14.3. The van der Waals surface area contributed by atoms with E-state index in [1.165, 1.54) is 5.56 Å². The summed E-state index contributed by atoms with van der Waals surface area (Å²) in [5.41, 5.74) is 3.02. The molecular formula is C19H18ClFN2. The molecule has 2 aliphatic heterocycles. The highest BCUT2D eigenvalue weighted by atomic mass is 35.5. The second kappa shape index (κ2) is 6.06. The van der Waals surface area contributed by atoms with E-state index in [2.05, 4.69) is 40.2 Å². The highest BCUT2D eigenvalue weighted by Gasteiger charge is 2.37. The molecule has 1 saturated heterocycles. The molecule has 0 N–H and O–H groups in total. The van der Waals surface area contributed by atoms with Gasteiger partial charge in [0.1, 0.15) is 0 Å². The zero-order valence-corrected chi connectivity index (χ0v) is 13.5. The molecule has 0 saturated carbocycles. The molecule has 2 nitrogen and oxygen atoms in total. The normalized spacial score (nSPS) is 23.8. The van der Waals surface area contributed by atoms with Gasteiger partial charge in [-0.05, 0) is 36.5 Å². The third-order valence-corrected chi connectivity index (χ3v) is 5.20. The molecule has 0 aliphatic carbocycles. The minimum Gasteiger partial charge on any atom is -0.289 e. The number of nitrogens with zero attached hydrogens (tertiary/aromatic N) is 2. The summed E-state index contributed by atoms with van der Waals surface area (Å²) in [7, 11) is 0. The van der Waals surface area contributed by atoms with E-state index in [1.54, 1.807) is 12.3 Å². The molecule has 4 rings (SSSR count). The standard InChI is InChI=1S/C19H18ClFN2/c20-19-18(21)17(8-9-22-19)14-10-15-6-7-16(11-14)23(15)12-13-4-2-1-3-5-13/h1-5,8-10,15-16H,6-7,11-12H2. The molecule has 0 spiro atoms. The Labute approximate surface area is 140 Å². The van der Waals surface area contributed by atoms with Gasteiger partial charge in [-0.25, -0.2) is 9.37 Å². The number of aromatic nitrogens is 1. The topological polar surface area (TPSA) is 16.1 Å². The molecule has 2 aromatic rings. The fraction of sp³-hybridized carbons (Fsp3) is 0.316. The molecule has 2 atom stereocenters. The van der Waals surface area contributed by atoms with Gasteiger partial charge in [-0.15, -0.1) is 0 Å². The summed E-state index contributed by atoms with van der Waals surface area (Å²) < 4.78 is 14.3. The molecule has 4 heteroatoms. The lowest BCUT2D eigenvalue weighted by Gasteiger charge is -2.34. The van der Waals surface area contributed by atoms with Crippen LogP contribution in [0, 0.1) is 5.82 Å². The van der Waals surface area contributed by atoms with Crippen LogP contribution in [0.5, 0.6) is 0 Å². The van der Waals surface area contributed by atoms with Crippen molar-refractivity contribution in [2.75, 3.05) is 0 Å². The number of pyridine rings is 1. The Kier molecular flexibility index (Phi) is 3.92. The van der Waals surface area contributed by atoms with E-state index in [4.69, 9.17) is 11.6 Å². The summed E-state index contributed by atoms with van der Waals surface area (Å²) in [4.78, 5) is 6.35. The van der Waals surface area contributed by atoms with Gasteiger partial charge in [-0.1, -0.05) is 48.0 Å². The van der Waals surface area contributed by atoms with Crippen LogP contribution in [0.25, 0.3) is 5.57 Å². The average molecular weight is 329 g/mol. The van der Waals surface area contributed by atoms with Crippen LogP contribution < -0.4 is 0 Å². The summed E-state index contributed by atoms with van der Waals surface area (Å²) >= 11 is 5.83. The quantitative estimate of drug-likeness (QED) is 0.760. The van der Waals surface area contributed by atoms with Crippen molar-refractivity contribution < 1.29 is 4.39 Å². The number of rotatable bonds is 3. The van der Waals surface area contributed by atoms with Crippen molar-refractivity contribution >= 4 is 17.2 Å². The lowest BCUT2D eigenvalue weighted by atomic mass is 9.94. The van der Waals surface area contributed by atoms with Crippen LogP contribution in [0.1, 0.15) is 30.4 Å². The van der Waals surface area contributed by atoms with E-state index in [1.807, 2.05) is 6.07 Å². The summed E-state index contributed by atoms with van der Waals surface area (Å²) in [6.45, 7) is 0.958. The van der Waals surface area contributed by atoms with Gasteiger partial charge in [-0.2, -0.15) is 0 Å². The van der Waals surface area contributed by atoms with Gasteiger partial charge in [0, 0.05) is 30.4 Å². The Morgan fingerprint density at radius 1 is 1.17 bits per heavy atom. The second-order valence-electron chi connectivity index (χ2n) is 6.32. The molecule has 2 aliphatic rings. The minimum absolute atomic E-state index is 0.0394. The molecule has 0 radical (unpaired) electrons. The zero-order chi connectivity index (χ0) is 15.8. The highest BCUT2D eigenvalue weighted by Crippen LogP contribution is 2.40. The van der Waals surface area contributed by atoms with E-state index in [-0.39, 0.29) is 5.15 Å². The monoisotopic (exact) mass is 328 g/mol. The molecule has 3 heterocycles. The van der Waals surface area contributed by atoms with E-state index in [0.29, 0.717) is 17.6 Å². The first-order chi connectivity index (χ1) is 11.2. The smallest absolute Gasteiger partial charge is 0.167 e. The SMILES string of the molecule is Fc1c(C2=CC3CCC(C2)N3Cc2ccccc2)ccnc1Cl. The van der Waals surface area contributed by atoms with Crippen molar-refractivity contribution in [3.63, 3.8) is 0 Å². The first-order valence-electron chi connectivity index (χ1n) is 8.03. The van der Waals surface area contributed by atoms with Gasteiger partial charge in [0.15, 0.2) is 11.0 Å². The lowest BCUT2D eigenvalue weighted by molar-refractivity contribution is 0.203. The van der Waals surface area contributed by atoms with Gasteiger partial charge in [0.2, 0.25) is 0 Å². The van der Waals surface area contributed by atoms with Crippen LogP contribution in [0.3, 0.4) is 0 Å². The molecule has 1 aromatic heterocycles. The molecule has 1 aromatic carbocycles. The maximum atomic E-state index is 14.3. The molecule has 1 fully saturated rings. The highest BCUT2D eigenvalue weighted by molar-refractivity contribution is 6.29. The van der Waals surface area contributed by atoms with Crippen LogP contribution in [0.4, 0.5) is 4.39 Å². The summed E-state index contributed by atoms with van der Waals surface area (Å²) in [5, 5.41) is -0.0394. The van der Waals surface area contributed by atoms with Gasteiger partial charge >= 0.3 is 0 Å². The van der Waals surface area contributed by atoms with Gasteiger partial charge in [0.05, 0.1) is 0 Å². The summed E-state index contributed by atoms with van der Waals surface area (Å²) in [6.07, 6.45) is 6.99. The van der Waals surface area contributed by atoms with E-state index < -0.39 is 5.82 Å². The van der Waals surface area contributed by atoms with Crippen molar-refractivity contribution in [3.05, 3.63) is 70.8 Å². The molecule has 23 heavy (non-hydrogen) atoms. The first-order valence-corrected chi connectivity index (χ1v) is 8.41. The number of halogens is 2. The predicted molar refractivity (Wildman–Crippen MR) is 90.6 cm³/mol. The van der Waals surface area contributed by atoms with E-state index in [0.717, 1.165) is 31.4 Å². The van der Waals surface area contributed by atoms with Crippen LogP contribution in [0.2, 0.25) is 5.15 Å². The van der Waals surface area contributed by atoms with Crippen molar-refractivity contribution in [2.24, 2.45) is 0 Å². The van der Waals surface area contributed by atoms with Crippen molar-refractivity contribution in [1.82, 2.24) is 9.88 Å². The van der Waals surface area contributed by atoms with Gasteiger partial charge in [-0.3, -0.25) is 4.90 Å². The number of hydrogen-bond acceptors (Lipinski definition) is 2. The lowest BCUT2D eigenvalue weighted by Crippen LogP contribution is -2.37. The van der Waals surface area contributed by atoms with E-state index >= 15 is 0 Å². The average Bonchev–Trinajstić information content (AvgIpc) is 2.80. The number of benzene rings is 1. The van der Waals surface area contributed by atoms with Crippen molar-refractivity contribution in [1.29, 1.82) is 0 Å². The Bertz CT molecular complexity index is 744. The van der Waals surface area contributed by atoms with Gasteiger partial charge in [0.25, 0.3) is 0 Å². The maximum Gasteiger partial charge on any atom is 0.167 e. The molecule has 118 valence electrons. The zero-order valence-electron chi connectivity index (χ0n) is 12.8. The second-order valence-corrected chi connectivity index (χ2v) is 6.67. The van der Waals surface area contributed by atoms with Crippen molar-refractivity contribution in [3.8, 4) is 0 Å². The fourth-order valence-corrected chi connectivity index (χ4v) is 3.98. The van der Waals surface area contributed by atoms with Crippen LogP contribution in [-0.2, 0) is 6.54 Å². The Morgan fingerprint density at radius 2 is 2.00 bits per heavy atom. The van der Waals surface area contributed by atoms with Crippen molar-refractivity contribution in [2.45, 2.75) is 37.9 Å². The number of hydrogen-bond donors (Lipinski definition) is 0. The minimum atomic E-state index is -0.392. The first kappa shape index (κ1) is 14.9. The molecule has 2 bridgehead atoms. The molecule has 2 unspecified atom stereocenters. The summed E-state index contributed by atoms with van der Waals surface area (Å²) in [6, 6.07) is 13.1. The Hall–Kier alpha value is -1.71. The Balaban J connectivity index is 1.61. The van der Waals surface area contributed by atoms with Crippen LogP contribution >= 0.6 is 11.6 Å². The number of fused-ring (bicyclic) bond motifs is 2. The Morgan fingerprint density at radius 3 is 2.78 bits per heavy atom. The van der Waals surface area contributed by atoms with Gasteiger partial charge < -0.3 is 0 Å². The van der Waals surface area contributed by atoms with E-state index in [9.17, 15) is 4.39 Å². The molecular weight excluding hydrogens is 311 g/mol. The largest absolute Gasteiger partial charge is 0.289 e. The predicted octanol–water partition coefficient (Wildman–Crippen LogP) is 4.69. The van der Waals surface area contributed by atoms with Crippen LogP contribution in [0.15, 0.2) is 48.7 Å². The third-order valence-electron chi connectivity index (χ3n) is 4.94.